The third-order valence-electron chi connectivity index (χ3n) is 3.17. The third-order valence-corrected chi connectivity index (χ3v) is 3.17. The zero-order chi connectivity index (χ0) is 15.2. The summed E-state index contributed by atoms with van der Waals surface area (Å²) < 4.78 is 15.3. The first kappa shape index (κ1) is 16.3. The minimum Gasteiger partial charge on any atom is -0.493 e. The van der Waals surface area contributed by atoms with Gasteiger partial charge in [0.1, 0.15) is 6.61 Å². The molecule has 5 nitrogen and oxygen atoms in total. The zero-order valence-electron chi connectivity index (χ0n) is 12.8. The van der Waals surface area contributed by atoms with Gasteiger partial charge >= 0.3 is 0 Å². The molecule has 0 aromatic heterocycles. The van der Waals surface area contributed by atoms with E-state index in [-0.39, 0.29) is 17.9 Å². The average molecular weight is 281 g/mol. The lowest BCUT2D eigenvalue weighted by molar-refractivity contribution is -0.124. The summed E-state index contributed by atoms with van der Waals surface area (Å²) in [5.41, 5.74) is 0.844. The van der Waals surface area contributed by atoms with Crippen molar-refractivity contribution in [1.29, 1.82) is 0 Å². The maximum atomic E-state index is 11.5. The molecule has 0 bridgehead atoms. The van der Waals surface area contributed by atoms with Crippen molar-refractivity contribution in [2.45, 2.75) is 19.3 Å². The van der Waals surface area contributed by atoms with E-state index in [1.54, 1.807) is 14.2 Å². The van der Waals surface area contributed by atoms with Crippen molar-refractivity contribution in [1.82, 2.24) is 5.32 Å². The van der Waals surface area contributed by atoms with Crippen LogP contribution in [0.4, 0.5) is 0 Å². The van der Waals surface area contributed by atoms with Gasteiger partial charge in [-0.3, -0.25) is 4.79 Å². The van der Waals surface area contributed by atoms with Crippen molar-refractivity contribution in [3.63, 3.8) is 0 Å². The lowest BCUT2D eigenvalue weighted by Gasteiger charge is -2.26. The quantitative estimate of drug-likeness (QED) is 0.827. The molecule has 0 unspecified atom stereocenters. The molecule has 1 rings (SSSR count). The molecule has 1 amide bonds. The van der Waals surface area contributed by atoms with Crippen LogP contribution in [-0.2, 0) is 14.9 Å². The van der Waals surface area contributed by atoms with Crippen LogP contribution in [-0.4, -0.2) is 40.4 Å². The number of carbonyl (C=O) groups is 1. The number of methoxy groups -OCH3 is 3. The standard InChI is InChI=1S/C15H23NO4/c1-15(2,10-16-14(17)9-18-3)11-6-7-12(19-4)13(8-11)20-5/h6-8H,9-10H2,1-5H3,(H,16,17). The number of ether oxygens (including phenoxy) is 3. The first-order valence-corrected chi connectivity index (χ1v) is 6.42. The Morgan fingerprint density at radius 3 is 2.35 bits per heavy atom. The molecule has 0 saturated carbocycles. The minimum atomic E-state index is -0.219. The van der Waals surface area contributed by atoms with Gasteiger partial charge < -0.3 is 19.5 Å². The van der Waals surface area contributed by atoms with Crippen molar-refractivity contribution in [2.75, 3.05) is 34.5 Å². The lowest BCUT2D eigenvalue weighted by Crippen LogP contribution is -2.38. The van der Waals surface area contributed by atoms with Crippen LogP contribution in [0.2, 0.25) is 0 Å². The molecule has 1 N–H and O–H groups in total. The van der Waals surface area contributed by atoms with Crippen molar-refractivity contribution in [3.8, 4) is 11.5 Å². The van der Waals surface area contributed by atoms with Gasteiger partial charge in [-0.1, -0.05) is 19.9 Å². The van der Waals surface area contributed by atoms with Crippen molar-refractivity contribution < 1.29 is 19.0 Å². The zero-order valence-corrected chi connectivity index (χ0v) is 12.8. The second-order valence-corrected chi connectivity index (χ2v) is 5.16. The van der Waals surface area contributed by atoms with Crippen LogP contribution < -0.4 is 14.8 Å². The van der Waals surface area contributed by atoms with E-state index in [0.29, 0.717) is 18.0 Å². The van der Waals surface area contributed by atoms with E-state index < -0.39 is 0 Å². The Morgan fingerprint density at radius 2 is 1.80 bits per heavy atom. The molecular formula is C15H23NO4. The van der Waals surface area contributed by atoms with E-state index in [9.17, 15) is 4.79 Å². The molecule has 0 saturated heterocycles. The monoisotopic (exact) mass is 281 g/mol. The second-order valence-electron chi connectivity index (χ2n) is 5.16. The summed E-state index contributed by atoms with van der Waals surface area (Å²) in [6.07, 6.45) is 0. The highest BCUT2D eigenvalue weighted by Crippen LogP contribution is 2.32. The highest BCUT2D eigenvalue weighted by molar-refractivity contribution is 5.77. The molecule has 0 fully saturated rings. The molecule has 0 atom stereocenters. The Morgan fingerprint density at radius 1 is 1.15 bits per heavy atom. The Bertz CT molecular complexity index is 457. The molecule has 112 valence electrons. The Labute approximate surface area is 120 Å². The molecule has 0 radical (unpaired) electrons. The topological polar surface area (TPSA) is 56.8 Å². The van der Waals surface area contributed by atoms with E-state index in [4.69, 9.17) is 14.2 Å². The summed E-state index contributed by atoms with van der Waals surface area (Å²) >= 11 is 0. The molecular weight excluding hydrogens is 258 g/mol. The number of carbonyl (C=O) groups excluding carboxylic acids is 1. The molecule has 1 aromatic rings. The molecule has 0 aliphatic rings. The normalized spacial score (nSPS) is 11.1. The van der Waals surface area contributed by atoms with Gasteiger partial charge in [0, 0.05) is 19.1 Å². The van der Waals surface area contributed by atoms with E-state index in [1.807, 2.05) is 18.2 Å². The van der Waals surface area contributed by atoms with Gasteiger partial charge in [0.25, 0.3) is 0 Å². The van der Waals surface area contributed by atoms with Crippen molar-refractivity contribution >= 4 is 5.91 Å². The number of benzene rings is 1. The summed E-state index contributed by atoms with van der Waals surface area (Å²) in [5, 5.41) is 2.85. The highest BCUT2D eigenvalue weighted by atomic mass is 16.5. The van der Waals surface area contributed by atoms with Gasteiger partial charge in [-0.25, -0.2) is 0 Å². The van der Waals surface area contributed by atoms with Crippen molar-refractivity contribution in [2.24, 2.45) is 0 Å². The maximum absolute atomic E-state index is 11.5. The van der Waals surface area contributed by atoms with Crippen LogP contribution >= 0.6 is 0 Å². The fraction of sp³-hybridized carbons (Fsp3) is 0.533. The van der Waals surface area contributed by atoms with E-state index in [1.165, 1.54) is 7.11 Å². The van der Waals surface area contributed by atoms with Gasteiger partial charge in [-0.05, 0) is 17.7 Å². The highest BCUT2D eigenvalue weighted by Gasteiger charge is 2.23. The van der Waals surface area contributed by atoms with Crippen LogP contribution in [0.5, 0.6) is 11.5 Å². The van der Waals surface area contributed by atoms with Gasteiger partial charge in [0.15, 0.2) is 11.5 Å². The first-order chi connectivity index (χ1) is 9.44. The predicted octanol–water partition coefficient (Wildman–Crippen LogP) is 1.74. The van der Waals surface area contributed by atoms with E-state index in [2.05, 4.69) is 19.2 Å². The Balaban J connectivity index is 2.83. The van der Waals surface area contributed by atoms with Crippen LogP contribution in [0, 0.1) is 0 Å². The van der Waals surface area contributed by atoms with Crippen LogP contribution in [0.3, 0.4) is 0 Å². The Hall–Kier alpha value is -1.75. The first-order valence-electron chi connectivity index (χ1n) is 6.42. The summed E-state index contributed by atoms with van der Waals surface area (Å²) in [6.45, 7) is 4.70. The predicted molar refractivity (Wildman–Crippen MR) is 77.5 cm³/mol. The van der Waals surface area contributed by atoms with Gasteiger partial charge in [0.2, 0.25) is 5.91 Å². The number of nitrogens with one attached hydrogen (secondary N) is 1. The molecule has 20 heavy (non-hydrogen) atoms. The van der Waals surface area contributed by atoms with Gasteiger partial charge in [-0.2, -0.15) is 0 Å². The second kappa shape index (κ2) is 7.14. The maximum Gasteiger partial charge on any atom is 0.246 e. The molecule has 0 aliphatic carbocycles. The summed E-state index contributed by atoms with van der Waals surface area (Å²) in [4.78, 5) is 11.5. The van der Waals surface area contributed by atoms with Crippen LogP contribution in [0.25, 0.3) is 0 Å². The number of rotatable bonds is 7. The molecule has 0 heterocycles. The average Bonchev–Trinajstić information content (AvgIpc) is 2.44. The smallest absolute Gasteiger partial charge is 0.246 e. The van der Waals surface area contributed by atoms with Gasteiger partial charge in [-0.15, -0.1) is 0 Å². The Kier molecular flexibility index (Phi) is 5.82. The van der Waals surface area contributed by atoms with Gasteiger partial charge in [0.05, 0.1) is 14.2 Å². The SMILES string of the molecule is COCC(=O)NCC(C)(C)c1ccc(OC)c(OC)c1. The van der Waals surface area contributed by atoms with E-state index in [0.717, 1.165) is 5.56 Å². The minimum absolute atomic E-state index is 0.0714. The third kappa shape index (κ3) is 4.13. The van der Waals surface area contributed by atoms with Crippen molar-refractivity contribution in [3.05, 3.63) is 23.8 Å². The number of hydrogen-bond donors (Lipinski definition) is 1. The molecule has 0 aliphatic heterocycles. The molecule has 5 heteroatoms. The number of hydrogen-bond acceptors (Lipinski definition) is 4. The fourth-order valence-electron chi connectivity index (χ4n) is 1.86. The fourth-order valence-corrected chi connectivity index (χ4v) is 1.86. The van der Waals surface area contributed by atoms with Crippen LogP contribution in [0.1, 0.15) is 19.4 Å². The van der Waals surface area contributed by atoms with E-state index >= 15 is 0 Å². The summed E-state index contributed by atoms with van der Waals surface area (Å²) in [6, 6.07) is 5.78. The summed E-state index contributed by atoms with van der Waals surface area (Å²) in [7, 11) is 4.71. The number of amides is 1. The lowest BCUT2D eigenvalue weighted by atomic mass is 9.84. The largest absolute Gasteiger partial charge is 0.493 e. The molecule has 1 aromatic carbocycles. The van der Waals surface area contributed by atoms with Crippen LogP contribution in [0.15, 0.2) is 18.2 Å². The molecule has 0 spiro atoms. The summed E-state index contributed by atoms with van der Waals surface area (Å²) in [5.74, 6) is 1.25.